The summed E-state index contributed by atoms with van der Waals surface area (Å²) in [6.45, 7) is 7.23. The van der Waals surface area contributed by atoms with Gasteiger partial charge in [0.15, 0.2) is 11.6 Å². The Morgan fingerprint density at radius 3 is 2.18 bits per heavy atom. The molecule has 94 valence electrons. The molecule has 0 spiro atoms. The second-order valence-electron chi connectivity index (χ2n) is 4.60. The molecule has 0 aromatic heterocycles. The number of halogens is 3. The quantitative estimate of drug-likeness (QED) is 0.438. The summed E-state index contributed by atoms with van der Waals surface area (Å²) in [6.07, 6.45) is 0. The fourth-order valence-electron chi connectivity index (χ4n) is 1.11. The van der Waals surface area contributed by atoms with E-state index < -0.39 is 23.0 Å². The Morgan fingerprint density at radius 2 is 1.65 bits per heavy atom. The minimum Gasteiger partial charge on any atom is -0.220 e. The van der Waals surface area contributed by atoms with Crippen LogP contribution < -0.4 is 0 Å². The molecule has 0 heterocycles. The molecular formula is C12H14F3NS. The van der Waals surface area contributed by atoms with Gasteiger partial charge in [-0.15, -0.1) is 0 Å². The summed E-state index contributed by atoms with van der Waals surface area (Å²) in [5.74, 6) is -3.07. The molecular weight excluding hydrogens is 247 g/mol. The van der Waals surface area contributed by atoms with Crippen molar-refractivity contribution in [1.82, 2.24) is 0 Å². The van der Waals surface area contributed by atoms with Crippen molar-refractivity contribution in [3.63, 3.8) is 0 Å². The minimum absolute atomic E-state index is 0.138. The summed E-state index contributed by atoms with van der Waals surface area (Å²) < 4.78 is 43.7. The second-order valence-corrected chi connectivity index (χ2v) is 6.19. The zero-order valence-electron chi connectivity index (χ0n) is 10.1. The molecule has 0 saturated heterocycles. The average molecular weight is 261 g/mol. The lowest BCUT2D eigenvalue weighted by Gasteiger charge is -2.14. The van der Waals surface area contributed by atoms with Crippen LogP contribution in [0.1, 0.15) is 33.3 Å². The van der Waals surface area contributed by atoms with Gasteiger partial charge in [-0.05, 0) is 51.8 Å². The molecule has 5 heteroatoms. The van der Waals surface area contributed by atoms with E-state index in [1.165, 1.54) is 18.9 Å². The molecule has 0 aliphatic carbocycles. The van der Waals surface area contributed by atoms with E-state index in [0.29, 0.717) is 0 Å². The molecule has 1 aromatic rings. The van der Waals surface area contributed by atoms with Gasteiger partial charge in [-0.25, -0.2) is 17.6 Å². The molecule has 0 N–H and O–H groups in total. The second kappa shape index (κ2) is 5.12. The molecule has 0 aliphatic heterocycles. The molecule has 1 aromatic carbocycles. The van der Waals surface area contributed by atoms with Crippen molar-refractivity contribution in [3.8, 4) is 0 Å². The zero-order valence-corrected chi connectivity index (χ0v) is 11.0. The first-order chi connectivity index (χ1) is 7.72. The van der Waals surface area contributed by atoms with E-state index in [1.54, 1.807) is 0 Å². The summed E-state index contributed by atoms with van der Waals surface area (Å²) in [7, 11) is 0. The normalized spacial score (nSPS) is 13.0. The fourth-order valence-corrected chi connectivity index (χ4v) is 1.61. The summed E-state index contributed by atoms with van der Waals surface area (Å²) in [5.41, 5.74) is -0.263. The Hall–Kier alpha value is -0.970. The fraction of sp³-hybridized carbons (Fsp3) is 0.417. The van der Waals surface area contributed by atoms with Crippen molar-refractivity contribution in [3.05, 3.63) is 35.1 Å². The van der Waals surface area contributed by atoms with Gasteiger partial charge in [0.25, 0.3) is 0 Å². The van der Waals surface area contributed by atoms with Crippen LogP contribution in [-0.2, 0) is 0 Å². The molecule has 1 rings (SSSR count). The molecule has 17 heavy (non-hydrogen) atoms. The number of nitrogens with zero attached hydrogens (tertiary/aromatic N) is 1. The van der Waals surface area contributed by atoms with Crippen molar-refractivity contribution in [1.29, 1.82) is 0 Å². The lowest BCUT2D eigenvalue weighted by molar-refractivity contribution is 0.492. The third kappa shape index (κ3) is 3.77. The maximum atomic E-state index is 13.4. The molecule has 0 amide bonds. The Labute approximate surface area is 103 Å². The minimum atomic E-state index is -1.19. The third-order valence-electron chi connectivity index (χ3n) is 1.86. The van der Waals surface area contributed by atoms with Crippen LogP contribution in [0.5, 0.6) is 0 Å². The topological polar surface area (TPSA) is 12.4 Å². The highest BCUT2D eigenvalue weighted by molar-refractivity contribution is 7.99. The van der Waals surface area contributed by atoms with Gasteiger partial charge in [-0.2, -0.15) is 0 Å². The van der Waals surface area contributed by atoms with Crippen molar-refractivity contribution in [2.24, 2.45) is 4.40 Å². The molecule has 0 atom stereocenters. The van der Waals surface area contributed by atoms with Crippen LogP contribution in [-0.4, -0.2) is 10.5 Å². The van der Waals surface area contributed by atoms with Crippen LogP contribution in [0.15, 0.2) is 16.5 Å². The Balaban J connectivity index is 3.12. The molecule has 1 nitrogen and oxygen atoms in total. The zero-order chi connectivity index (χ0) is 13.2. The lowest BCUT2D eigenvalue weighted by Crippen LogP contribution is -2.08. The van der Waals surface area contributed by atoms with Crippen LogP contribution >= 0.6 is 11.9 Å². The molecule has 0 radical (unpaired) electrons. The van der Waals surface area contributed by atoms with Crippen molar-refractivity contribution >= 4 is 17.7 Å². The molecule has 0 bridgehead atoms. The highest BCUT2D eigenvalue weighted by Gasteiger charge is 2.17. The van der Waals surface area contributed by atoms with Crippen molar-refractivity contribution in [2.45, 2.75) is 32.4 Å². The molecule has 0 aliphatic rings. The number of benzene rings is 1. The van der Waals surface area contributed by atoms with E-state index in [0.717, 1.165) is 12.1 Å². The number of rotatable bonds is 2. The van der Waals surface area contributed by atoms with E-state index in [2.05, 4.69) is 4.40 Å². The summed E-state index contributed by atoms with van der Waals surface area (Å²) >= 11 is 1.19. The highest BCUT2D eigenvalue weighted by Crippen LogP contribution is 2.26. The van der Waals surface area contributed by atoms with E-state index in [-0.39, 0.29) is 10.5 Å². The van der Waals surface area contributed by atoms with Gasteiger partial charge in [-0.3, -0.25) is 0 Å². The Bertz CT molecular complexity index is 450. The summed E-state index contributed by atoms with van der Waals surface area (Å²) in [6, 6.07) is 1.66. The highest BCUT2D eigenvalue weighted by atomic mass is 32.2. The van der Waals surface area contributed by atoms with Crippen LogP contribution in [0.4, 0.5) is 13.2 Å². The van der Waals surface area contributed by atoms with Crippen molar-refractivity contribution < 1.29 is 13.2 Å². The first-order valence-corrected chi connectivity index (χ1v) is 5.86. The van der Waals surface area contributed by atoms with Gasteiger partial charge in [0, 0.05) is 4.75 Å². The Morgan fingerprint density at radius 1 is 1.12 bits per heavy atom. The van der Waals surface area contributed by atoms with Crippen LogP contribution in [0.25, 0.3) is 0 Å². The van der Waals surface area contributed by atoms with Gasteiger partial charge >= 0.3 is 0 Å². The molecule has 0 unspecified atom stereocenters. The van der Waals surface area contributed by atoms with E-state index in [4.69, 9.17) is 0 Å². The van der Waals surface area contributed by atoms with E-state index in [9.17, 15) is 13.2 Å². The molecule has 0 saturated carbocycles. The largest absolute Gasteiger partial charge is 0.220 e. The first-order valence-electron chi connectivity index (χ1n) is 5.09. The predicted octanol–water partition coefficient (Wildman–Crippen LogP) is 4.36. The van der Waals surface area contributed by atoms with Crippen LogP contribution in [0, 0.1) is 17.5 Å². The van der Waals surface area contributed by atoms with Crippen molar-refractivity contribution in [2.75, 3.05) is 0 Å². The maximum absolute atomic E-state index is 13.4. The van der Waals surface area contributed by atoms with Gasteiger partial charge in [0.2, 0.25) is 0 Å². The number of hydrogen-bond acceptors (Lipinski definition) is 2. The van der Waals surface area contributed by atoms with Crippen LogP contribution in [0.3, 0.4) is 0 Å². The average Bonchev–Trinajstić information content (AvgIpc) is 2.20. The maximum Gasteiger partial charge on any atom is 0.170 e. The van der Waals surface area contributed by atoms with E-state index in [1.807, 2.05) is 20.8 Å². The van der Waals surface area contributed by atoms with Gasteiger partial charge in [0.05, 0.1) is 11.3 Å². The lowest BCUT2D eigenvalue weighted by atomic mass is 10.1. The smallest absolute Gasteiger partial charge is 0.170 e. The SMILES string of the molecule is C/C(=N\SC(C)(C)C)c1c(F)ccc(F)c1F. The summed E-state index contributed by atoms with van der Waals surface area (Å²) in [5, 5.41) is 0. The third-order valence-corrected chi connectivity index (χ3v) is 2.78. The monoisotopic (exact) mass is 261 g/mol. The predicted molar refractivity (Wildman–Crippen MR) is 65.9 cm³/mol. The van der Waals surface area contributed by atoms with Crippen LogP contribution in [0.2, 0.25) is 0 Å². The van der Waals surface area contributed by atoms with Gasteiger partial charge < -0.3 is 0 Å². The number of hydrogen-bond donors (Lipinski definition) is 0. The van der Waals surface area contributed by atoms with Gasteiger partial charge in [0.1, 0.15) is 5.82 Å². The standard InChI is InChI=1S/C12H14F3NS/c1-7(16-17-12(2,3)4)10-8(13)5-6-9(14)11(10)15/h5-6H,1-4H3/b16-7+. The molecule has 0 fully saturated rings. The summed E-state index contributed by atoms with van der Waals surface area (Å²) in [4.78, 5) is 0. The Kier molecular flexibility index (Phi) is 4.25. The first kappa shape index (κ1) is 14.1. The van der Waals surface area contributed by atoms with E-state index >= 15 is 0 Å². The van der Waals surface area contributed by atoms with Gasteiger partial charge in [-0.1, -0.05) is 0 Å².